The summed E-state index contributed by atoms with van der Waals surface area (Å²) in [5.74, 6) is 0. The van der Waals surface area contributed by atoms with Crippen LogP contribution in [0.15, 0.2) is 0 Å². The number of fused-ring (bicyclic) bond motifs is 3. The molecule has 3 fully saturated rings. The molecule has 4 heteroatoms. The van der Waals surface area contributed by atoms with Crippen LogP contribution in [-0.4, -0.2) is 35.6 Å². The highest BCUT2D eigenvalue weighted by molar-refractivity contribution is 6.62. The third-order valence-electron chi connectivity index (χ3n) is 2.41. The lowest BCUT2D eigenvalue weighted by atomic mass is 9.98. The first-order valence-electron chi connectivity index (χ1n) is 3.85. The van der Waals surface area contributed by atoms with Crippen LogP contribution in [0.5, 0.6) is 0 Å². The number of amides is 1. The van der Waals surface area contributed by atoms with Gasteiger partial charge in [-0.15, -0.1) is 0 Å². The summed E-state index contributed by atoms with van der Waals surface area (Å²) in [7, 11) is 0. The molecule has 0 aromatic carbocycles. The molecular weight excluding hydrogens is 166 g/mol. The van der Waals surface area contributed by atoms with Gasteiger partial charge in [0.05, 0.1) is 18.8 Å². The highest BCUT2D eigenvalue weighted by Gasteiger charge is 2.36. The number of carbonyl (C=O) groups is 1. The zero-order chi connectivity index (χ0) is 7.84. The molecule has 0 N–H and O–H groups in total. The lowest BCUT2D eigenvalue weighted by Gasteiger charge is -2.43. The maximum Gasteiger partial charge on any atom is 0.316 e. The Labute approximate surface area is 70.3 Å². The molecule has 62 valence electrons. The van der Waals surface area contributed by atoms with Gasteiger partial charge in [-0.3, -0.25) is 4.79 Å². The number of piperidine rings is 1. The minimum atomic E-state index is -0.331. The number of halogens is 1. The van der Waals surface area contributed by atoms with E-state index in [2.05, 4.69) is 0 Å². The van der Waals surface area contributed by atoms with Gasteiger partial charge < -0.3 is 9.64 Å². The SMILES string of the molecule is O=C(Cl)N1CC2CCC1CO2. The van der Waals surface area contributed by atoms with Crippen molar-refractivity contribution in [1.29, 1.82) is 0 Å². The Morgan fingerprint density at radius 3 is 2.64 bits per heavy atom. The molecule has 1 amide bonds. The number of rotatable bonds is 0. The van der Waals surface area contributed by atoms with E-state index in [-0.39, 0.29) is 17.5 Å². The van der Waals surface area contributed by atoms with Crippen LogP contribution in [-0.2, 0) is 4.74 Å². The van der Waals surface area contributed by atoms with Gasteiger partial charge in [0.2, 0.25) is 0 Å². The lowest BCUT2D eigenvalue weighted by molar-refractivity contribution is -0.0848. The van der Waals surface area contributed by atoms with Crippen molar-refractivity contribution in [1.82, 2.24) is 4.90 Å². The number of nitrogens with zero attached hydrogens (tertiary/aromatic N) is 1. The van der Waals surface area contributed by atoms with E-state index in [1.165, 1.54) is 0 Å². The number of carbonyl (C=O) groups excluding carboxylic acids is 1. The Kier molecular flexibility index (Phi) is 1.77. The van der Waals surface area contributed by atoms with Crippen LogP contribution in [0, 0.1) is 0 Å². The molecule has 3 aliphatic heterocycles. The fraction of sp³-hybridized carbons (Fsp3) is 0.857. The highest BCUT2D eigenvalue weighted by Crippen LogP contribution is 2.26. The Morgan fingerprint density at radius 1 is 1.55 bits per heavy atom. The molecular formula is C7H10ClNO2. The third kappa shape index (κ3) is 1.23. The van der Waals surface area contributed by atoms with Gasteiger partial charge in [-0.25, -0.2) is 0 Å². The molecule has 2 atom stereocenters. The Hall–Kier alpha value is -0.280. The summed E-state index contributed by atoms with van der Waals surface area (Å²) < 4.78 is 5.40. The summed E-state index contributed by atoms with van der Waals surface area (Å²) in [4.78, 5) is 12.5. The van der Waals surface area contributed by atoms with E-state index in [0.717, 1.165) is 12.8 Å². The smallest absolute Gasteiger partial charge is 0.316 e. The lowest BCUT2D eigenvalue weighted by Crippen LogP contribution is -2.55. The molecule has 0 radical (unpaired) electrons. The van der Waals surface area contributed by atoms with Gasteiger partial charge >= 0.3 is 5.37 Å². The monoisotopic (exact) mass is 175 g/mol. The normalized spacial score (nSPS) is 35.9. The van der Waals surface area contributed by atoms with Crippen LogP contribution < -0.4 is 0 Å². The van der Waals surface area contributed by atoms with Crippen molar-refractivity contribution in [2.45, 2.75) is 25.0 Å². The second-order valence-electron chi connectivity index (χ2n) is 3.09. The largest absolute Gasteiger partial charge is 0.374 e. The van der Waals surface area contributed by atoms with Crippen LogP contribution in [0.3, 0.4) is 0 Å². The van der Waals surface area contributed by atoms with Gasteiger partial charge in [0.15, 0.2) is 0 Å². The molecule has 3 heterocycles. The maximum atomic E-state index is 10.8. The molecule has 0 saturated carbocycles. The topological polar surface area (TPSA) is 29.5 Å². The van der Waals surface area contributed by atoms with E-state index in [1.807, 2.05) is 0 Å². The summed E-state index contributed by atoms with van der Waals surface area (Å²) in [6, 6.07) is 0.241. The Morgan fingerprint density at radius 2 is 2.36 bits per heavy atom. The third-order valence-corrected chi connectivity index (χ3v) is 2.63. The highest BCUT2D eigenvalue weighted by atomic mass is 35.5. The van der Waals surface area contributed by atoms with Crippen LogP contribution in [0.25, 0.3) is 0 Å². The van der Waals surface area contributed by atoms with Crippen molar-refractivity contribution in [3.63, 3.8) is 0 Å². The first kappa shape index (κ1) is 7.37. The summed E-state index contributed by atoms with van der Waals surface area (Å²) in [5.41, 5.74) is 0. The minimum Gasteiger partial charge on any atom is -0.374 e. The average Bonchev–Trinajstić information content (AvgIpc) is 2.06. The molecule has 3 rings (SSSR count). The minimum absolute atomic E-state index is 0.239. The predicted octanol–water partition coefficient (Wildman–Crippen LogP) is 1.21. The Bertz CT molecular complexity index is 177. The number of morpholine rings is 1. The predicted molar refractivity (Wildman–Crippen MR) is 40.7 cm³/mol. The number of hydrogen-bond donors (Lipinski definition) is 0. The molecule has 0 aromatic rings. The zero-order valence-corrected chi connectivity index (χ0v) is 6.88. The van der Waals surface area contributed by atoms with E-state index in [9.17, 15) is 4.79 Å². The van der Waals surface area contributed by atoms with Crippen LogP contribution in [0.4, 0.5) is 4.79 Å². The fourth-order valence-corrected chi connectivity index (χ4v) is 1.97. The van der Waals surface area contributed by atoms with Crippen molar-refractivity contribution in [3.05, 3.63) is 0 Å². The molecule has 2 bridgehead atoms. The van der Waals surface area contributed by atoms with E-state index in [4.69, 9.17) is 16.3 Å². The fourth-order valence-electron chi connectivity index (χ4n) is 1.77. The number of hydrogen-bond acceptors (Lipinski definition) is 2. The first-order valence-corrected chi connectivity index (χ1v) is 4.23. The van der Waals surface area contributed by atoms with Gasteiger partial charge in [0.25, 0.3) is 0 Å². The van der Waals surface area contributed by atoms with Gasteiger partial charge in [-0.1, -0.05) is 0 Å². The Balaban J connectivity index is 2.08. The zero-order valence-electron chi connectivity index (χ0n) is 6.12. The van der Waals surface area contributed by atoms with E-state index in [0.29, 0.717) is 13.2 Å². The molecule has 3 saturated heterocycles. The van der Waals surface area contributed by atoms with E-state index >= 15 is 0 Å². The van der Waals surface area contributed by atoms with Crippen LogP contribution in [0.1, 0.15) is 12.8 Å². The molecule has 3 nitrogen and oxygen atoms in total. The van der Waals surface area contributed by atoms with E-state index < -0.39 is 0 Å². The summed E-state index contributed by atoms with van der Waals surface area (Å²) in [6.45, 7) is 1.36. The van der Waals surface area contributed by atoms with Crippen LogP contribution >= 0.6 is 11.6 Å². The first-order chi connectivity index (χ1) is 5.27. The molecule has 0 aromatic heterocycles. The van der Waals surface area contributed by atoms with Gasteiger partial charge in [0.1, 0.15) is 0 Å². The van der Waals surface area contributed by atoms with Gasteiger partial charge in [-0.05, 0) is 24.4 Å². The standard InChI is InChI=1S/C7H10ClNO2/c8-7(10)9-3-6-2-1-5(9)4-11-6/h5-6H,1-4H2. The summed E-state index contributed by atoms with van der Waals surface area (Å²) in [6.07, 6.45) is 2.36. The molecule has 0 spiro atoms. The van der Waals surface area contributed by atoms with Gasteiger partial charge in [0, 0.05) is 6.54 Å². The summed E-state index contributed by atoms with van der Waals surface area (Å²) in [5, 5.41) is -0.331. The van der Waals surface area contributed by atoms with Crippen molar-refractivity contribution in [3.8, 4) is 0 Å². The van der Waals surface area contributed by atoms with Crippen molar-refractivity contribution < 1.29 is 9.53 Å². The molecule has 3 aliphatic rings. The maximum absolute atomic E-state index is 10.8. The van der Waals surface area contributed by atoms with Crippen molar-refractivity contribution >= 4 is 17.0 Å². The van der Waals surface area contributed by atoms with Crippen molar-refractivity contribution in [2.24, 2.45) is 0 Å². The van der Waals surface area contributed by atoms with E-state index in [1.54, 1.807) is 4.90 Å². The quantitative estimate of drug-likeness (QED) is 0.409. The van der Waals surface area contributed by atoms with Gasteiger partial charge in [-0.2, -0.15) is 0 Å². The van der Waals surface area contributed by atoms with Crippen LogP contribution in [0.2, 0.25) is 0 Å². The molecule has 2 unspecified atom stereocenters. The second-order valence-corrected chi connectivity index (χ2v) is 3.42. The number of ether oxygens (including phenoxy) is 1. The molecule has 0 aliphatic carbocycles. The summed E-state index contributed by atoms with van der Waals surface area (Å²) >= 11 is 5.38. The molecule has 11 heavy (non-hydrogen) atoms. The van der Waals surface area contributed by atoms with Crippen molar-refractivity contribution in [2.75, 3.05) is 13.2 Å². The second kappa shape index (κ2) is 2.64. The average molecular weight is 176 g/mol.